The smallest absolute Gasteiger partial charge is 0.198 e. The number of carbonyl (C=O) groups is 2. The van der Waals surface area contributed by atoms with Crippen molar-refractivity contribution in [1.29, 1.82) is 0 Å². The van der Waals surface area contributed by atoms with Crippen LogP contribution in [0.4, 0.5) is 0 Å². The number of allylic oxidation sites excluding steroid dienone is 2. The molecule has 0 aromatic heterocycles. The van der Waals surface area contributed by atoms with Crippen molar-refractivity contribution < 1.29 is 19.8 Å². The molecule has 2 aliphatic carbocycles. The van der Waals surface area contributed by atoms with Gasteiger partial charge >= 0.3 is 0 Å². The van der Waals surface area contributed by atoms with E-state index in [0.717, 1.165) is 0 Å². The summed E-state index contributed by atoms with van der Waals surface area (Å²) in [6.07, 6.45) is 2.71. The van der Waals surface area contributed by atoms with E-state index >= 15 is 0 Å². The first-order valence-electron chi connectivity index (χ1n) is 5.97. The van der Waals surface area contributed by atoms with Crippen LogP contribution in [0.2, 0.25) is 0 Å². The van der Waals surface area contributed by atoms with E-state index in [0.29, 0.717) is 0 Å². The number of rotatable bonds is 0. The second kappa shape index (κ2) is 3.86. The number of nitrogens with two attached hydrogens (primary N) is 2. The number of benzene rings is 1. The summed E-state index contributed by atoms with van der Waals surface area (Å²) in [5.74, 6) is -1.44. The zero-order valence-corrected chi connectivity index (χ0v) is 10.3. The number of carbonyl (C=O) groups excluding carboxylic acids is 2. The largest absolute Gasteiger partial charge is 0.507 e. The molecule has 102 valence electrons. The lowest BCUT2D eigenvalue weighted by molar-refractivity contribution is 0.0586. The molecule has 20 heavy (non-hydrogen) atoms. The zero-order valence-electron chi connectivity index (χ0n) is 10.3. The van der Waals surface area contributed by atoms with Crippen LogP contribution in [0.15, 0.2) is 41.5 Å². The first kappa shape index (κ1) is 12.7. The van der Waals surface area contributed by atoms with Crippen molar-refractivity contribution in [1.82, 2.24) is 0 Å². The van der Waals surface area contributed by atoms with Crippen molar-refractivity contribution in [3.63, 3.8) is 0 Å². The quantitative estimate of drug-likeness (QED) is 0.476. The summed E-state index contributed by atoms with van der Waals surface area (Å²) in [4.78, 5) is 24.8. The summed E-state index contributed by atoms with van der Waals surface area (Å²) in [5, 5.41) is 20.0. The van der Waals surface area contributed by atoms with Crippen LogP contribution in [0, 0.1) is 0 Å². The summed E-state index contributed by atoms with van der Waals surface area (Å²) < 4.78 is 0. The number of aromatic hydroxyl groups is 1. The lowest BCUT2D eigenvalue weighted by Crippen LogP contribution is -2.59. The summed E-state index contributed by atoms with van der Waals surface area (Å²) in [6.45, 7) is 0. The molecule has 0 fully saturated rings. The Kier molecular flexibility index (Phi) is 2.46. The maximum atomic E-state index is 12.5. The molecule has 6 heteroatoms. The van der Waals surface area contributed by atoms with E-state index in [1.54, 1.807) is 0 Å². The van der Waals surface area contributed by atoms with E-state index in [4.69, 9.17) is 11.5 Å². The lowest BCUT2D eigenvalue weighted by Gasteiger charge is -2.36. The highest BCUT2D eigenvalue weighted by molar-refractivity contribution is 6.29. The maximum absolute atomic E-state index is 12.5. The minimum Gasteiger partial charge on any atom is -0.507 e. The second-order valence-electron chi connectivity index (χ2n) is 4.86. The molecule has 0 bridgehead atoms. The highest BCUT2D eigenvalue weighted by Gasteiger charge is 2.46. The van der Waals surface area contributed by atoms with Crippen molar-refractivity contribution >= 4 is 11.6 Å². The fourth-order valence-electron chi connectivity index (χ4n) is 2.54. The number of hydrogen-bond donors (Lipinski definition) is 4. The van der Waals surface area contributed by atoms with E-state index in [9.17, 15) is 19.8 Å². The number of fused-ring (bicyclic) bond motifs is 1. The van der Waals surface area contributed by atoms with Crippen molar-refractivity contribution in [2.45, 2.75) is 11.8 Å². The minimum absolute atomic E-state index is 0.0140. The summed E-state index contributed by atoms with van der Waals surface area (Å²) in [5.41, 5.74) is 8.95. The number of phenolic OH excluding ortho intramolecular Hbond substituents is 1. The first-order valence-corrected chi connectivity index (χ1v) is 5.97. The third kappa shape index (κ3) is 1.44. The second-order valence-corrected chi connectivity index (χ2v) is 4.86. The van der Waals surface area contributed by atoms with Gasteiger partial charge in [-0.05, 0) is 6.07 Å². The molecule has 2 aliphatic rings. The molecule has 0 amide bonds. The van der Waals surface area contributed by atoms with Crippen LogP contribution in [0.1, 0.15) is 20.7 Å². The van der Waals surface area contributed by atoms with Crippen LogP contribution in [0.3, 0.4) is 0 Å². The van der Waals surface area contributed by atoms with Gasteiger partial charge in [0, 0.05) is 11.1 Å². The number of ketones is 2. The zero-order chi connectivity index (χ0) is 14.7. The molecule has 0 spiro atoms. The third-order valence-corrected chi connectivity index (χ3v) is 3.63. The molecule has 6 N–H and O–H groups in total. The molecular weight excluding hydrogens is 260 g/mol. The van der Waals surface area contributed by atoms with Crippen LogP contribution < -0.4 is 11.5 Å². The molecular formula is C14H12N2O4. The van der Waals surface area contributed by atoms with Gasteiger partial charge in [0.1, 0.15) is 5.75 Å². The fraction of sp³-hybridized carbons (Fsp3) is 0.143. The van der Waals surface area contributed by atoms with Gasteiger partial charge in [-0.25, -0.2) is 0 Å². The fourth-order valence-corrected chi connectivity index (χ4v) is 2.54. The Bertz CT molecular complexity index is 716. The monoisotopic (exact) mass is 272 g/mol. The maximum Gasteiger partial charge on any atom is 0.198 e. The van der Waals surface area contributed by atoms with E-state index in [1.807, 2.05) is 0 Å². The Balaban J connectivity index is 2.32. The topological polar surface area (TPSA) is 127 Å². The number of Topliss-reactive ketones (excluding diaryl/α,β-unsaturated/α-hetero) is 2. The van der Waals surface area contributed by atoms with Crippen LogP contribution in [-0.4, -0.2) is 33.5 Å². The Labute approximate surface area is 114 Å². The number of hydrogen-bond acceptors (Lipinski definition) is 6. The molecule has 0 aliphatic heterocycles. The standard InChI is InChI=1S/C14H12N2O4/c15-9-5-4-7-11(14(9,16)20)13(19)6-2-1-3-8(17)10(6)12(7)18/h1-5,9,17,20H,15-16H2. The van der Waals surface area contributed by atoms with Crippen LogP contribution in [0.25, 0.3) is 0 Å². The molecule has 0 saturated heterocycles. The SMILES string of the molecule is NC1C=CC2=C(C(=O)c3cccc(O)c3C2=O)C1(N)O. The highest BCUT2D eigenvalue weighted by Crippen LogP contribution is 2.38. The van der Waals surface area contributed by atoms with Crippen molar-refractivity contribution in [2.24, 2.45) is 11.5 Å². The minimum atomic E-state index is -2.11. The van der Waals surface area contributed by atoms with Crippen LogP contribution >= 0.6 is 0 Å². The van der Waals surface area contributed by atoms with E-state index in [-0.39, 0.29) is 28.0 Å². The molecule has 2 unspecified atom stereocenters. The van der Waals surface area contributed by atoms with Gasteiger partial charge in [-0.15, -0.1) is 0 Å². The molecule has 0 radical (unpaired) electrons. The molecule has 0 saturated carbocycles. The van der Waals surface area contributed by atoms with Gasteiger partial charge in [0.25, 0.3) is 0 Å². The first-order chi connectivity index (χ1) is 9.35. The van der Waals surface area contributed by atoms with Crippen LogP contribution in [0.5, 0.6) is 5.75 Å². The van der Waals surface area contributed by atoms with Crippen LogP contribution in [-0.2, 0) is 0 Å². The molecule has 6 nitrogen and oxygen atoms in total. The average Bonchev–Trinajstić information content (AvgIpc) is 2.39. The van der Waals surface area contributed by atoms with Gasteiger partial charge in [0.05, 0.1) is 17.2 Å². The summed E-state index contributed by atoms with van der Waals surface area (Å²) >= 11 is 0. The molecule has 0 heterocycles. The lowest BCUT2D eigenvalue weighted by atomic mass is 9.75. The van der Waals surface area contributed by atoms with E-state index in [2.05, 4.69) is 0 Å². The Morgan fingerprint density at radius 1 is 1.20 bits per heavy atom. The van der Waals surface area contributed by atoms with Crippen molar-refractivity contribution in [2.75, 3.05) is 0 Å². The Morgan fingerprint density at radius 3 is 2.60 bits per heavy atom. The Morgan fingerprint density at radius 2 is 1.90 bits per heavy atom. The Hall–Kier alpha value is -2.28. The summed E-state index contributed by atoms with van der Waals surface area (Å²) in [6, 6.07) is 3.18. The molecule has 1 aromatic carbocycles. The van der Waals surface area contributed by atoms with Gasteiger partial charge in [-0.3, -0.25) is 15.3 Å². The van der Waals surface area contributed by atoms with Gasteiger partial charge in [-0.1, -0.05) is 24.3 Å². The highest BCUT2D eigenvalue weighted by atomic mass is 16.3. The average molecular weight is 272 g/mol. The summed E-state index contributed by atoms with van der Waals surface area (Å²) in [7, 11) is 0. The van der Waals surface area contributed by atoms with E-state index in [1.165, 1.54) is 30.4 Å². The van der Waals surface area contributed by atoms with E-state index < -0.39 is 23.3 Å². The van der Waals surface area contributed by atoms with Gasteiger partial charge in [0.2, 0.25) is 0 Å². The molecule has 1 aromatic rings. The normalized spacial score (nSPS) is 28.4. The third-order valence-electron chi connectivity index (χ3n) is 3.63. The van der Waals surface area contributed by atoms with Gasteiger partial charge in [-0.2, -0.15) is 0 Å². The molecule has 3 rings (SSSR count). The molecule has 2 atom stereocenters. The van der Waals surface area contributed by atoms with Crippen molar-refractivity contribution in [3.05, 3.63) is 52.6 Å². The predicted octanol–water partition coefficient (Wildman–Crippen LogP) is -0.388. The van der Waals surface area contributed by atoms with Gasteiger partial charge < -0.3 is 15.9 Å². The van der Waals surface area contributed by atoms with Gasteiger partial charge in [0.15, 0.2) is 17.3 Å². The number of phenols is 1. The number of aliphatic hydroxyl groups is 1. The predicted molar refractivity (Wildman–Crippen MR) is 70.0 cm³/mol. The van der Waals surface area contributed by atoms with Crippen molar-refractivity contribution in [3.8, 4) is 5.75 Å².